The number of fused-ring (bicyclic) bond motifs is 1. The monoisotopic (exact) mass is 384 g/mol. The Kier molecular flexibility index (Phi) is 6.38. The van der Waals surface area contributed by atoms with Crippen molar-refractivity contribution in [3.05, 3.63) is 59.1 Å². The molecule has 3 aromatic rings. The van der Waals surface area contributed by atoms with E-state index in [0.717, 1.165) is 20.8 Å². The van der Waals surface area contributed by atoms with Crippen LogP contribution in [0.15, 0.2) is 48.5 Å². The zero-order valence-electron chi connectivity index (χ0n) is 14.9. The van der Waals surface area contributed by atoms with Crippen molar-refractivity contribution in [3.8, 4) is 5.75 Å². The number of carbonyl (C=O) groups is 2. The van der Waals surface area contributed by atoms with E-state index in [1.165, 1.54) is 0 Å². The summed E-state index contributed by atoms with van der Waals surface area (Å²) in [6, 6.07) is 15.3. The van der Waals surface area contributed by atoms with Gasteiger partial charge in [0.1, 0.15) is 5.75 Å². The molecule has 1 N–H and O–H groups in total. The Labute approximate surface area is 161 Å². The molecule has 0 fully saturated rings. The van der Waals surface area contributed by atoms with Crippen LogP contribution in [0.3, 0.4) is 0 Å². The summed E-state index contributed by atoms with van der Waals surface area (Å²) in [7, 11) is 1.58. The van der Waals surface area contributed by atoms with E-state index < -0.39 is 5.97 Å². The Bertz CT molecular complexity index is 905. The smallest absolute Gasteiger partial charge is 0.306 e. The number of hydrogen-bond acceptors (Lipinski definition) is 6. The number of aryl methyl sites for hydroxylation is 1. The van der Waals surface area contributed by atoms with Crippen LogP contribution in [-0.2, 0) is 27.3 Å². The molecule has 0 radical (unpaired) electrons. The molecule has 0 unspecified atom stereocenters. The van der Waals surface area contributed by atoms with Crippen molar-refractivity contribution < 1.29 is 19.1 Å². The highest BCUT2D eigenvalue weighted by molar-refractivity contribution is 7.18. The van der Waals surface area contributed by atoms with Crippen molar-refractivity contribution in [2.45, 2.75) is 19.4 Å². The number of para-hydroxylation sites is 2. The Hall–Kier alpha value is -2.93. The fourth-order valence-corrected chi connectivity index (χ4v) is 3.51. The quantitative estimate of drug-likeness (QED) is 0.604. The first-order valence-corrected chi connectivity index (χ1v) is 9.36. The van der Waals surface area contributed by atoms with E-state index in [0.29, 0.717) is 18.7 Å². The van der Waals surface area contributed by atoms with Crippen molar-refractivity contribution in [2.75, 3.05) is 13.7 Å². The number of hydrogen-bond donors (Lipinski definition) is 1. The van der Waals surface area contributed by atoms with Crippen LogP contribution >= 0.6 is 11.3 Å². The molecule has 0 aliphatic carbocycles. The highest BCUT2D eigenvalue weighted by Gasteiger charge is 2.11. The number of carbonyl (C=O) groups excluding carboxylic acids is 2. The number of methoxy groups -OCH3 is 1. The van der Waals surface area contributed by atoms with Gasteiger partial charge in [0, 0.05) is 18.5 Å². The molecule has 0 saturated carbocycles. The number of nitrogens with zero attached hydrogens (tertiary/aromatic N) is 1. The molecular weight excluding hydrogens is 364 g/mol. The number of thiazole rings is 1. The normalized spacial score (nSPS) is 10.6. The Morgan fingerprint density at radius 2 is 1.89 bits per heavy atom. The van der Waals surface area contributed by atoms with Gasteiger partial charge in [-0.1, -0.05) is 30.3 Å². The van der Waals surface area contributed by atoms with Crippen molar-refractivity contribution in [2.24, 2.45) is 0 Å². The first kappa shape index (κ1) is 18.8. The van der Waals surface area contributed by atoms with Gasteiger partial charge in [-0.3, -0.25) is 9.59 Å². The predicted molar refractivity (Wildman–Crippen MR) is 104 cm³/mol. The van der Waals surface area contributed by atoms with Gasteiger partial charge in [-0.25, -0.2) is 4.98 Å². The van der Waals surface area contributed by atoms with Crippen LogP contribution in [0.5, 0.6) is 5.75 Å². The third kappa shape index (κ3) is 5.27. The van der Waals surface area contributed by atoms with Crippen LogP contribution in [0.25, 0.3) is 10.2 Å². The number of nitrogens with one attached hydrogen (secondary N) is 1. The maximum atomic E-state index is 11.9. The number of rotatable bonds is 8. The molecule has 140 valence electrons. The van der Waals surface area contributed by atoms with E-state index in [1.54, 1.807) is 18.4 Å². The summed E-state index contributed by atoms with van der Waals surface area (Å²) in [5.41, 5.74) is 1.79. The van der Waals surface area contributed by atoms with Crippen LogP contribution in [0.1, 0.15) is 17.0 Å². The Balaban J connectivity index is 1.40. The lowest BCUT2D eigenvalue weighted by Gasteiger charge is -2.09. The Morgan fingerprint density at radius 1 is 1.11 bits per heavy atom. The third-order valence-electron chi connectivity index (χ3n) is 3.91. The van der Waals surface area contributed by atoms with Crippen molar-refractivity contribution in [1.29, 1.82) is 0 Å². The maximum Gasteiger partial charge on any atom is 0.306 e. The lowest BCUT2D eigenvalue weighted by Crippen LogP contribution is -2.28. The molecule has 0 saturated heterocycles. The van der Waals surface area contributed by atoms with Crippen molar-refractivity contribution in [3.63, 3.8) is 0 Å². The van der Waals surface area contributed by atoms with E-state index in [4.69, 9.17) is 9.47 Å². The SMILES string of the molecule is COc1ccccc1CNC(=O)COC(=O)CCc1nc2ccccc2s1. The zero-order valence-corrected chi connectivity index (χ0v) is 15.8. The van der Waals surface area contributed by atoms with Crippen molar-refractivity contribution >= 4 is 33.4 Å². The predicted octanol–water partition coefficient (Wildman–Crippen LogP) is 3.10. The fourth-order valence-electron chi connectivity index (χ4n) is 2.55. The average molecular weight is 384 g/mol. The summed E-state index contributed by atoms with van der Waals surface area (Å²) in [4.78, 5) is 28.2. The first-order valence-electron chi connectivity index (χ1n) is 8.54. The van der Waals surface area contributed by atoms with Gasteiger partial charge in [-0.15, -0.1) is 11.3 Å². The number of benzene rings is 2. The maximum absolute atomic E-state index is 11.9. The molecule has 0 aliphatic rings. The van der Waals surface area contributed by atoms with Gasteiger partial charge in [-0.05, 0) is 18.2 Å². The number of amides is 1. The molecule has 0 bridgehead atoms. The molecule has 7 heteroatoms. The summed E-state index contributed by atoms with van der Waals surface area (Å²) in [6.45, 7) is 0.0138. The van der Waals surface area contributed by atoms with Gasteiger partial charge < -0.3 is 14.8 Å². The van der Waals surface area contributed by atoms with Crippen LogP contribution in [0.4, 0.5) is 0 Å². The molecule has 6 nitrogen and oxygen atoms in total. The highest BCUT2D eigenvalue weighted by atomic mass is 32.1. The lowest BCUT2D eigenvalue weighted by atomic mass is 10.2. The van der Waals surface area contributed by atoms with Gasteiger partial charge in [0.2, 0.25) is 0 Å². The second-order valence-electron chi connectivity index (χ2n) is 5.82. The second-order valence-corrected chi connectivity index (χ2v) is 6.94. The second kappa shape index (κ2) is 9.14. The molecule has 0 atom stereocenters. The standard InChI is InChI=1S/C20H20N2O4S/c1-25-16-8-4-2-6-14(16)12-21-18(23)13-26-20(24)11-10-19-22-15-7-3-5-9-17(15)27-19/h2-9H,10-13H2,1H3,(H,21,23). The summed E-state index contributed by atoms with van der Waals surface area (Å²) in [6.07, 6.45) is 0.695. The minimum absolute atomic E-state index is 0.194. The molecule has 1 amide bonds. The number of aromatic nitrogens is 1. The molecule has 0 spiro atoms. The average Bonchev–Trinajstić information content (AvgIpc) is 3.12. The highest BCUT2D eigenvalue weighted by Crippen LogP contribution is 2.22. The van der Waals surface area contributed by atoms with E-state index in [1.807, 2.05) is 48.5 Å². The summed E-state index contributed by atoms with van der Waals surface area (Å²) in [5, 5.41) is 3.60. The van der Waals surface area contributed by atoms with Gasteiger partial charge in [0.25, 0.3) is 5.91 Å². The largest absolute Gasteiger partial charge is 0.496 e. The third-order valence-corrected chi connectivity index (χ3v) is 5.01. The van der Waals surface area contributed by atoms with Crippen molar-refractivity contribution in [1.82, 2.24) is 10.3 Å². The molecule has 1 heterocycles. The van der Waals surface area contributed by atoms with Crippen LogP contribution in [-0.4, -0.2) is 30.6 Å². The van der Waals surface area contributed by atoms with Gasteiger partial charge in [0.15, 0.2) is 6.61 Å². The molecule has 2 aromatic carbocycles. The summed E-state index contributed by atoms with van der Waals surface area (Å²) in [5.74, 6) is -0.0680. The van der Waals surface area contributed by atoms with Gasteiger partial charge in [0.05, 0.1) is 28.8 Å². The molecule has 0 aliphatic heterocycles. The topological polar surface area (TPSA) is 77.5 Å². The summed E-state index contributed by atoms with van der Waals surface area (Å²) < 4.78 is 11.4. The van der Waals surface area contributed by atoms with E-state index >= 15 is 0 Å². The zero-order chi connectivity index (χ0) is 19.1. The minimum Gasteiger partial charge on any atom is -0.496 e. The Morgan fingerprint density at radius 3 is 2.70 bits per heavy atom. The summed E-state index contributed by atoms with van der Waals surface area (Å²) >= 11 is 1.56. The molecule has 3 rings (SSSR count). The van der Waals surface area contributed by atoms with Crippen LogP contribution in [0.2, 0.25) is 0 Å². The fraction of sp³-hybridized carbons (Fsp3) is 0.250. The van der Waals surface area contributed by atoms with E-state index in [2.05, 4.69) is 10.3 Å². The minimum atomic E-state index is -0.415. The van der Waals surface area contributed by atoms with E-state index in [9.17, 15) is 9.59 Å². The van der Waals surface area contributed by atoms with Crippen LogP contribution in [0, 0.1) is 0 Å². The van der Waals surface area contributed by atoms with E-state index in [-0.39, 0.29) is 18.9 Å². The van der Waals surface area contributed by atoms with Crippen LogP contribution < -0.4 is 10.1 Å². The molecule has 27 heavy (non-hydrogen) atoms. The number of esters is 1. The first-order chi connectivity index (χ1) is 13.2. The molecular formula is C20H20N2O4S. The molecule has 1 aromatic heterocycles. The lowest BCUT2D eigenvalue weighted by molar-refractivity contribution is -0.148. The number of ether oxygens (including phenoxy) is 2. The van der Waals surface area contributed by atoms with Gasteiger partial charge in [-0.2, -0.15) is 0 Å². The van der Waals surface area contributed by atoms with Gasteiger partial charge >= 0.3 is 5.97 Å².